The van der Waals surface area contributed by atoms with Gasteiger partial charge in [-0.3, -0.25) is 4.79 Å². The number of rotatable bonds is 4. The molecule has 5 atom stereocenters. The van der Waals surface area contributed by atoms with E-state index in [9.17, 15) is 4.79 Å². The van der Waals surface area contributed by atoms with Gasteiger partial charge in [-0.05, 0) is 48.0 Å². The Morgan fingerprint density at radius 2 is 2.04 bits per heavy atom. The first-order valence-corrected chi connectivity index (χ1v) is 10.4. The average molecular weight is 372 g/mol. The highest BCUT2D eigenvalue weighted by molar-refractivity contribution is 5.78. The molecule has 1 heterocycles. The lowest BCUT2D eigenvalue weighted by Crippen LogP contribution is -2.59. The van der Waals surface area contributed by atoms with Crippen molar-refractivity contribution in [1.82, 2.24) is 5.32 Å². The number of carbonyl (C=O) groups is 1. The van der Waals surface area contributed by atoms with E-state index >= 15 is 0 Å². The molecule has 1 aromatic rings. The van der Waals surface area contributed by atoms with E-state index in [1.54, 1.807) is 7.11 Å². The van der Waals surface area contributed by atoms with Crippen LogP contribution in [0.4, 0.5) is 0 Å². The minimum Gasteiger partial charge on any atom is -0.496 e. The van der Waals surface area contributed by atoms with Gasteiger partial charge in [-0.15, -0.1) is 0 Å². The maximum atomic E-state index is 12.6. The summed E-state index contributed by atoms with van der Waals surface area (Å²) in [6.07, 6.45) is 3.45. The standard InChI is InChI=1S/C23H33NO3/c1-14(2)20(25)24-21-22(3,4)15-12-17-19(27-11-10-23(17,21)13-15)16-8-6-7-9-18(16)26-5/h6-9,14-15,17,19,21H,10-13H2,1-5H3,(H,24,25)/t15-,17-,19-,21+,23-/m1/s1. The summed E-state index contributed by atoms with van der Waals surface area (Å²) < 4.78 is 12.0. The fraction of sp³-hybridized carbons (Fsp3) is 0.696. The third-order valence-electron chi connectivity index (χ3n) is 7.76. The highest BCUT2D eigenvalue weighted by atomic mass is 16.5. The monoisotopic (exact) mass is 371 g/mol. The quantitative estimate of drug-likeness (QED) is 0.856. The molecule has 2 aliphatic carbocycles. The van der Waals surface area contributed by atoms with Crippen LogP contribution in [0.1, 0.15) is 58.6 Å². The molecule has 1 aromatic carbocycles. The van der Waals surface area contributed by atoms with Crippen molar-refractivity contribution >= 4 is 5.91 Å². The summed E-state index contributed by atoms with van der Waals surface area (Å²) in [7, 11) is 1.73. The van der Waals surface area contributed by atoms with Gasteiger partial charge in [0.25, 0.3) is 0 Å². The summed E-state index contributed by atoms with van der Waals surface area (Å²) in [5, 5.41) is 3.46. The fourth-order valence-corrected chi connectivity index (χ4v) is 6.31. The van der Waals surface area contributed by atoms with Gasteiger partial charge >= 0.3 is 0 Å². The Morgan fingerprint density at radius 3 is 2.74 bits per heavy atom. The van der Waals surface area contributed by atoms with E-state index in [2.05, 4.69) is 31.3 Å². The number of nitrogens with one attached hydrogen (secondary N) is 1. The molecule has 1 spiro atoms. The van der Waals surface area contributed by atoms with Crippen molar-refractivity contribution in [3.05, 3.63) is 29.8 Å². The van der Waals surface area contributed by atoms with Gasteiger partial charge in [-0.2, -0.15) is 0 Å². The van der Waals surface area contributed by atoms with Crippen LogP contribution in [0.3, 0.4) is 0 Å². The Balaban J connectivity index is 1.71. The Labute approximate surface area is 163 Å². The van der Waals surface area contributed by atoms with Crippen LogP contribution in [-0.2, 0) is 9.53 Å². The van der Waals surface area contributed by atoms with Crippen LogP contribution in [0.5, 0.6) is 5.75 Å². The molecule has 1 amide bonds. The predicted molar refractivity (Wildman–Crippen MR) is 106 cm³/mol. The summed E-state index contributed by atoms with van der Waals surface area (Å²) in [5.74, 6) is 2.15. The molecule has 4 nitrogen and oxygen atoms in total. The van der Waals surface area contributed by atoms with Gasteiger partial charge in [0.2, 0.25) is 5.91 Å². The van der Waals surface area contributed by atoms with Crippen LogP contribution in [-0.4, -0.2) is 25.7 Å². The summed E-state index contributed by atoms with van der Waals surface area (Å²) in [6, 6.07) is 8.45. The predicted octanol–water partition coefficient (Wildman–Crippen LogP) is 4.35. The highest BCUT2D eigenvalue weighted by Crippen LogP contribution is 2.70. The van der Waals surface area contributed by atoms with Crippen molar-refractivity contribution in [2.24, 2.45) is 28.6 Å². The number of carbonyl (C=O) groups excluding carboxylic acids is 1. The summed E-state index contributed by atoms with van der Waals surface area (Å²) >= 11 is 0. The van der Waals surface area contributed by atoms with Gasteiger partial charge in [0.1, 0.15) is 5.75 Å². The Morgan fingerprint density at radius 1 is 1.30 bits per heavy atom. The van der Waals surface area contributed by atoms with Crippen LogP contribution in [0.2, 0.25) is 0 Å². The maximum absolute atomic E-state index is 12.6. The first-order chi connectivity index (χ1) is 12.8. The minimum absolute atomic E-state index is 0.0135. The van der Waals surface area contributed by atoms with Crippen LogP contribution in [0.15, 0.2) is 24.3 Å². The van der Waals surface area contributed by atoms with Crippen LogP contribution < -0.4 is 10.1 Å². The third-order valence-corrected chi connectivity index (χ3v) is 7.76. The number of benzene rings is 1. The van der Waals surface area contributed by atoms with Gasteiger partial charge < -0.3 is 14.8 Å². The number of amides is 1. The largest absolute Gasteiger partial charge is 0.496 e. The van der Waals surface area contributed by atoms with Gasteiger partial charge in [-0.25, -0.2) is 0 Å². The van der Waals surface area contributed by atoms with E-state index < -0.39 is 0 Å². The van der Waals surface area contributed by atoms with Crippen LogP contribution in [0.25, 0.3) is 0 Å². The Hall–Kier alpha value is -1.55. The topological polar surface area (TPSA) is 47.6 Å². The van der Waals surface area contributed by atoms with Gasteiger partial charge in [0, 0.05) is 24.1 Å². The SMILES string of the molecule is COc1ccccc1[C@H]1OCC[C@@]23C[C@@H](C[C@H]12)C(C)(C)[C@@H]3NC(=O)C(C)C. The number of para-hydroxylation sites is 1. The average Bonchev–Trinajstić information content (AvgIpc) is 3.14. The van der Waals surface area contributed by atoms with Gasteiger partial charge in [0.15, 0.2) is 0 Å². The molecule has 4 rings (SSSR count). The van der Waals surface area contributed by atoms with Crippen molar-refractivity contribution in [3.8, 4) is 5.75 Å². The zero-order valence-electron chi connectivity index (χ0n) is 17.2. The number of fused-ring (bicyclic) bond motifs is 1. The zero-order valence-corrected chi connectivity index (χ0v) is 17.2. The second-order valence-electron chi connectivity index (χ2n) is 9.68. The zero-order chi connectivity index (χ0) is 19.4. The van der Waals surface area contributed by atoms with Gasteiger partial charge in [-0.1, -0.05) is 45.9 Å². The molecule has 0 aromatic heterocycles. The number of methoxy groups -OCH3 is 1. The third kappa shape index (κ3) is 2.71. The molecular formula is C23H33NO3. The molecule has 1 N–H and O–H groups in total. The van der Waals surface area contributed by atoms with Crippen LogP contribution >= 0.6 is 0 Å². The smallest absolute Gasteiger partial charge is 0.222 e. The molecule has 0 unspecified atom stereocenters. The van der Waals surface area contributed by atoms with Crippen molar-refractivity contribution in [1.29, 1.82) is 0 Å². The molecule has 2 bridgehead atoms. The van der Waals surface area contributed by atoms with E-state index in [4.69, 9.17) is 9.47 Å². The molecule has 4 heteroatoms. The number of hydrogen-bond donors (Lipinski definition) is 1. The first kappa shape index (κ1) is 18.8. The normalized spacial score (nSPS) is 36.5. The summed E-state index contributed by atoms with van der Waals surface area (Å²) in [4.78, 5) is 12.6. The Bertz CT molecular complexity index is 728. The number of ether oxygens (including phenoxy) is 2. The van der Waals surface area contributed by atoms with Crippen molar-refractivity contribution in [2.75, 3.05) is 13.7 Å². The van der Waals surface area contributed by atoms with Gasteiger partial charge in [0.05, 0.1) is 13.2 Å². The lowest BCUT2D eigenvalue weighted by Gasteiger charge is -2.53. The molecule has 1 saturated heterocycles. The summed E-state index contributed by atoms with van der Waals surface area (Å²) in [6.45, 7) is 9.40. The molecule has 3 aliphatic rings. The maximum Gasteiger partial charge on any atom is 0.222 e. The minimum atomic E-state index is 0.0135. The number of hydrogen-bond acceptors (Lipinski definition) is 3. The molecular weight excluding hydrogens is 338 g/mol. The molecule has 2 saturated carbocycles. The molecule has 148 valence electrons. The molecule has 27 heavy (non-hydrogen) atoms. The molecule has 0 radical (unpaired) electrons. The van der Waals surface area contributed by atoms with E-state index in [0.717, 1.165) is 24.3 Å². The van der Waals surface area contributed by atoms with E-state index in [1.165, 1.54) is 12.8 Å². The fourth-order valence-electron chi connectivity index (χ4n) is 6.31. The Kier molecular flexibility index (Phi) is 4.53. The highest BCUT2D eigenvalue weighted by Gasteiger charge is 2.68. The van der Waals surface area contributed by atoms with Crippen molar-refractivity contribution < 1.29 is 14.3 Å². The van der Waals surface area contributed by atoms with Crippen molar-refractivity contribution in [3.63, 3.8) is 0 Å². The molecule has 1 aliphatic heterocycles. The van der Waals surface area contributed by atoms with E-state index in [0.29, 0.717) is 11.8 Å². The second-order valence-corrected chi connectivity index (χ2v) is 9.68. The lowest BCUT2D eigenvalue weighted by atomic mass is 9.58. The molecule has 3 fully saturated rings. The second kappa shape index (κ2) is 6.51. The van der Waals surface area contributed by atoms with E-state index in [1.807, 2.05) is 26.0 Å². The van der Waals surface area contributed by atoms with E-state index in [-0.39, 0.29) is 34.8 Å². The first-order valence-electron chi connectivity index (χ1n) is 10.4. The van der Waals surface area contributed by atoms with Crippen LogP contribution in [0, 0.1) is 28.6 Å². The van der Waals surface area contributed by atoms with Crippen molar-refractivity contribution in [2.45, 2.75) is 59.1 Å². The lowest BCUT2D eigenvalue weighted by molar-refractivity contribution is -0.139. The summed E-state index contributed by atoms with van der Waals surface area (Å²) in [5.41, 5.74) is 1.41.